The number of ether oxygens (including phenoxy) is 1. The standard InChI is InChI=1S/C16H24O2/c1-16(2,3)15(17)9-8-14-13-7-5-4-6-12(13)10-11-18-14/h4-7,14-15,17H,8-11H2,1-3H3. The van der Waals surface area contributed by atoms with Crippen molar-refractivity contribution in [3.8, 4) is 0 Å². The summed E-state index contributed by atoms with van der Waals surface area (Å²) in [6, 6.07) is 8.50. The molecule has 0 amide bonds. The summed E-state index contributed by atoms with van der Waals surface area (Å²) in [5.41, 5.74) is 2.66. The summed E-state index contributed by atoms with van der Waals surface area (Å²) in [6.45, 7) is 7.03. The molecule has 0 fully saturated rings. The molecule has 18 heavy (non-hydrogen) atoms. The molecule has 2 unspecified atom stereocenters. The van der Waals surface area contributed by atoms with E-state index < -0.39 is 0 Å². The largest absolute Gasteiger partial charge is 0.393 e. The summed E-state index contributed by atoms with van der Waals surface area (Å²) in [6.07, 6.45) is 2.59. The van der Waals surface area contributed by atoms with Gasteiger partial charge in [-0.3, -0.25) is 0 Å². The maximum atomic E-state index is 10.1. The van der Waals surface area contributed by atoms with Crippen molar-refractivity contribution in [2.24, 2.45) is 5.41 Å². The summed E-state index contributed by atoms with van der Waals surface area (Å²) in [5, 5.41) is 10.1. The van der Waals surface area contributed by atoms with Crippen molar-refractivity contribution in [3.05, 3.63) is 35.4 Å². The average molecular weight is 248 g/mol. The fourth-order valence-corrected chi connectivity index (χ4v) is 2.46. The van der Waals surface area contributed by atoms with Crippen LogP contribution in [0.3, 0.4) is 0 Å². The van der Waals surface area contributed by atoms with E-state index in [4.69, 9.17) is 4.74 Å². The van der Waals surface area contributed by atoms with Gasteiger partial charge in [-0.15, -0.1) is 0 Å². The van der Waals surface area contributed by atoms with Gasteiger partial charge in [-0.25, -0.2) is 0 Å². The molecule has 1 aromatic rings. The van der Waals surface area contributed by atoms with E-state index in [-0.39, 0.29) is 17.6 Å². The number of aliphatic hydroxyl groups excluding tert-OH is 1. The fourth-order valence-electron chi connectivity index (χ4n) is 2.46. The third-order valence-electron chi connectivity index (χ3n) is 3.79. The van der Waals surface area contributed by atoms with Crippen LogP contribution in [0.15, 0.2) is 24.3 Å². The van der Waals surface area contributed by atoms with Gasteiger partial charge in [-0.05, 0) is 35.8 Å². The Kier molecular flexibility index (Phi) is 4.08. The van der Waals surface area contributed by atoms with Crippen LogP contribution in [0.25, 0.3) is 0 Å². The first-order valence-electron chi connectivity index (χ1n) is 6.86. The highest BCUT2D eigenvalue weighted by atomic mass is 16.5. The lowest BCUT2D eigenvalue weighted by atomic mass is 9.84. The van der Waals surface area contributed by atoms with Crippen LogP contribution in [0.2, 0.25) is 0 Å². The number of benzene rings is 1. The molecule has 1 aromatic carbocycles. The van der Waals surface area contributed by atoms with Gasteiger partial charge in [0.1, 0.15) is 0 Å². The van der Waals surface area contributed by atoms with Crippen molar-refractivity contribution in [1.29, 1.82) is 0 Å². The van der Waals surface area contributed by atoms with E-state index in [9.17, 15) is 5.11 Å². The second-order valence-electron chi connectivity index (χ2n) is 6.27. The molecule has 100 valence electrons. The molecule has 1 heterocycles. The molecule has 0 aromatic heterocycles. The lowest BCUT2D eigenvalue weighted by Gasteiger charge is -2.30. The van der Waals surface area contributed by atoms with Crippen LogP contribution in [0.5, 0.6) is 0 Å². The monoisotopic (exact) mass is 248 g/mol. The predicted octanol–water partition coefficient (Wildman–Crippen LogP) is 3.49. The highest BCUT2D eigenvalue weighted by Crippen LogP contribution is 2.33. The van der Waals surface area contributed by atoms with Crippen molar-refractivity contribution in [3.63, 3.8) is 0 Å². The van der Waals surface area contributed by atoms with Crippen LogP contribution in [0.1, 0.15) is 50.8 Å². The zero-order chi connectivity index (χ0) is 13.2. The van der Waals surface area contributed by atoms with Crippen LogP contribution < -0.4 is 0 Å². The molecule has 0 bridgehead atoms. The van der Waals surface area contributed by atoms with Crippen LogP contribution in [-0.2, 0) is 11.2 Å². The molecule has 0 saturated carbocycles. The SMILES string of the molecule is CC(C)(C)C(O)CCC1OCCc2ccccc21. The molecule has 1 N–H and O–H groups in total. The van der Waals surface area contributed by atoms with Gasteiger partial charge in [-0.2, -0.15) is 0 Å². The van der Waals surface area contributed by atoms with Gasteiger partial charge >= 0.3 is 0 Å². The smallest absolute Gasteiger partial charge is 0.0828 e. The first-order chi connectivity index (χ1) is 8.48. The number of aliphatic hydroxyl groups is 1. The van der Waals surface area contributed by atoms with E-state index in [1.54, 1.807) is 0 Å². The molecule has 2 atom stereocenters. The van der Waals surface area contributed by atoms with Crippen molar-refractivity contribution >= 4 is 0 Å². The average Bonchev–Trinajstić information content (AvgIpc) is 2.34. The minimum Gasteiger partial charge on any atom is -0.393 e. The molecule has 2 heteroatoms. The van der Waals surface area contributed by atoms with Crippen molar-refractivity contribution < 1.29 is 9.84 Å². The number of hydrogen-bond donors (Lipinski definition) is 1. The Bertz CT molecular complexity index is 392. The maximum Gasteiger partial charge on any atom is 0.0828 e. The molecule has 0 aliphatic carbocycles. The topological polar surface area (TPSA) is 29.5 Å². The van der Waals surface area contributed by atoms with Crippen LogP contribution >= 0.6 is 0 Å². The summed E-state index contributed by atoms with van der Waals surface area (Å²) >= 11 is 0. The minimum absolute atomic E-state index is 0.0474. The van der Waals surface area contributed by atoms with E-state index in [0.717, 1.165) is 25.9 Å². The number of rotatable bonds is 3. The molecule has 2 nitrogen and oxygen atoms in total. The van der Waals surface area contributed by atoms with Crippen LogP contribution in [-0.4, -0.2) is 17.8 Å². The molecule has 0 radical (unpaired) electrons. The van der Waals surface area contributed by atoms with Gasteiger partial charge < -0.3 is 9.84 Å². The third kappa shape index (κ3) is 3.12. The second kappa shape index (κ2) is 5.41. The quantitative estimate of drug-likeness (QED) is 0.887. The highest BCUT2D eigenvalue weighted by Gasteiger charge is 2.25. The van der Waals surface area contributed by atoms with Crippen LogP contribution in [0, 0.1) is 5.41 Å². The predicted molar refractivity (Wildman–Crippen MR) is 73.5 cm³/mol. The Morgan fingerprint density at radius 3 is 2.78 bits per heavy atom. The zero-order valence-corrected chi connectivity index (χ0v) is 11.6. The van der Waals surface area contributed by atoms with Crippen LogP contribution in [0.4, 0.5) is 0 Å². The van der Waals surface area contributed by atoms with Crippen molar-refractivity contribution in [1.82, 2.24) is 0 Å². The molecular formula is C16H24O2. The molecule has 0 saturated heterocycles. The van der Waals surface area contributed by atoms with Gasteiger partial charge in [0.2, 0.25) is 0 Å². The van der Waals surface area contributed by atoms with Crippen molar-refractivity contribution in [2.45, 2.75) is 52.2 Å². The second-order valence-corrected chi connectivity index (χ2v) is 6.27. The molecule has 1 aliphatic heterocycles. The number of fused-ring (bicyclic) bond motifs is 1. The summed E-state index contributed by atoms with van der Waals surface area (Å²) < 4.78 is 5.86. The Balaban J connectivity index is 2.00. The Hall–Kier alpha value is -0.860. The van der Waals surface area contributed by atoms with E-state index >= 15 is 0 Å². The lowest BCUT2D eigenvalue weighted by Crippen LogP contribution is -2.27. The molecule has 0 spiro atoms. The van der Waals surface area contributed by atoms with Crippen molar-refractivity contribution in [2.75, 3.05) is 6.61 Å². The third-order valence-corrected chi connectivity index (χ3v) is 3.79. The van der Waals surface area contributed by atoms with E-state index in [1.165, 1.54) is 11.1 Å². The first-order valence-corrected chi connectivity index (χ1v) is 6.86. The lowest BCUT2D eigenvalue weighted by molar-refractivity contribution is 0.00506. The van der Waals surface area contributed by atoms with Gasteiger partial charge in [0.25, 0.3) is 0 Å². The molecular weight excluding hydrogens is 224 g/mol. The van der Waals surface area contributed by atoms with Gasteiger partial charge in [-0.1, -0.05) is 45.0 Å². The van der Waals surface area contributed by atoms with Gasteiger partial charge in [0.05, 0.1) is 18.8 Å². The minimum atomic E-state index is -0.268. The normalized spacial score (nSPS) is 21.4. The first kappa shape index (κ1) is 13.6. The Morgan fingerprint density at radius 1 is 1.33 bits per heavy atom. The summed E-state index contributed by atoms with van der Waals surface area (Å²) in [4.78, 5) is 0. The maximum absolute atomic E-state index is 10.1. The molecule has 1 aliphatic rings. The number of hydrogen-bond acceptors (Lipinski definition) is 2. The van der Waals surface area contributed by atoms with E-state index in [2.05, 4.69) is 45.0 Å². The van der Waals surface area contributed by atoms with Gasteiger partial charge in [0, 0.05) is 0 Å². The van der Waals surface area contributed by atoms with E-state index in [1.807, 2.05) is 0 Å². The van der Waals surface area contributed by atoms with Gasteiger partial charge in [0.15, 0.2) is 0 Å². The Labute approximate surface area is 110 Å². The van der Waals surface area contributed by atoms with E-state index in [0.29, 0.717) is 0 Å². The summed E-state index contributed by atoms with van der Waals surface area (Å²) in [5.74, 6) is 0. The zero-order valence-electron chi connectivity index (χ0n) is 11.6. The highest BCUT2D eigenvalue weighted by molar-refractivity contribution is 5.30. The molecule has 2 rings (SSSR count). The summed E-state index contributed by atoms with van der Waals surface area (Å²) in [7, 11) is 0. The Morgan fingerprint density at radius 2 is 2.06 bits per heavy atom. The fraction of sp³-hybridized carbons (Fsp3) is 0.625.